The zero-order chi connectivity index (χ0) is 54.0. The monoisotopic (exact) mass is 1050 g/mol. The van der Waals surface area contributed by atoms with Crippen molar-refractivity contribution in [2.24, 2.45) is 11.8 Å². The summed E-state index contributed by atoms with van der Waals surface area (Å²) < 4.78 is 75.4. The number of fused-ring (bicyclic) bond motifs is 6. The highest BCUT2D eigenvalue weighted by Crippen LogP contribution is 2.40. The van der Waals surface area contributed by atoms with Crippen LogP contribution in [0.3, 0.4) is 0 Å². The van der Waals surface area contributed by atoms with Crippen LogP contribution in [0.5, 0.6) is 23.0 Å². The van der Waals surface area contributed by atoms with Crippen molar-refractivity contribution >= 4 is 30.1 Å². The van der Waals surface area contributed by atoms with E-state index in [-0.39, 0.29) is 43.7 Å². The van der Waals surface area contributed by atoms with Crippen LogP contribution in [0.2, 0.25) is 0 Å². The number of benzene rings is 3. The molecule has 410 valence electrons. The third kappa shape index (κ3) is 13.9. The van der Waals surface area contributed by atoms with Crippen molar-refractivity contribution in [1.29, 1.82) is 0 Å². The molecule has 0 bridgehead atoms. The Morgan fingerprint density at radius 1 is 0.605 bits per heavy atom. The minimum absolute atomic E-state index is 0.0101. The van der Waals surface area contributed by atoms with Gasteiger partial charge in [-0.05, 0) is 121 Å². The van der Waals surface area contributed by atoms with Crippen LogP contribution in [0.1, 0.15) is 121 Å². The quantitative estimate of drug-likeness (QED) is 0.0873. The Morgan fingerprint density at radius 3 is 1.59 bits per heavy atom. The highest BCUT2D eigenvalue weighted by Gasteiger charge is 2.47. The summed E-state index contributed by atoms with van der Waals surface area (Å²) >= 11 is 0. The smallest absolute Gasteiger partial charge is 0.342 e. The van der Waals surface area contributed by atoms with Crippen LogP contribution in [-0.4, -0.2) is 125 Å². The topological polar surface area (TPSA) is 191 Å². The normalized spacial score (nSPS) is 30.2. The number of aliphatic hydroxyl groups is 1. The first-order valence-electron chi connectivity index (χ1n) is 26.0. The molecule has 0 aromatic heterocycles. The molecule has 0 radical (unpaired) electrons. The van der Waals surface area contributed by atoms with Crippen LogP contribution in [-0.2, 0) is 42.6 Å². The largest absolute Gasteiger partial charge is 0.497 e. The lowest BCUT2D eigenvalue weighted by Gasteiger charge is -2.25. The molecule has 4 aliphatic heterocycles. The van der Waals surface area contributed by atoms with E-state index in [0.29, 0.717) is 70.1 Å². The lowest BCUT2D eigenvalue weighted by atomic mass is 9.98. The molecular formula is C59H72O17. The molecule has 4 fully saturated rings. The number of aliphatic hydroxyl groups excluding tert-OH is 1. The third-order valence-electron chi connectivity index (χ3n) is 14.1. The molecule has 9 rings (SSSR count). The number of hydrogen-bond donors (Lipinski definition) is 1. The first-order chi connectivity index (χ1) is 36.6. The van der Waals surface area contributed by atoms with Gasteiger partial charge in [-0.3, -0.25) is 0 Å². The highest BCUT2D eigenvalue weighted by atomic mass is 16.8. The maximum Gasteiger partial charge on any atom is 0.342 e. The van der Waals surface area contributed by atoms with Crippen molar-refractivity contribution < 1.29 is 81.1 Å². The average Bonchev–Trinajstić information content (AvgIpc) is 4.20. The van der Waals surface area contributed by atoms with Gasteiger partial charge in [0.2, 0.25) is 0 Å². The number of carbonyl (C=O) groups is 3. The van der Waals surface area contributed by atoms with Crippen molar-refractivity contribution in [3.05, 3.63) is 119 Å². The van der Waals surface area contributed by atoms with E-state index in [0.717, 1.165) is 32.1 Å². The van der Waals surface area contributed by atoms with Gasteiger partial charge in [-0.25, -0.2) is 14.4 Å². The van der Waals surface area contributed by atoms with E-state index in [1.165, 1.54) is 14.2 Å². The molecule has 1 N–H and O–H groups in total. The molecule has 2 saturated heterocycles. The summed E-state index contributed by atoms with van der Waals surface area (Å²) in [7, 11) is 6.14. The van der Waals surface area contributed by atoms with Crippen LogP contribution in [0.25, 0.3) is 12.2 Å². The Morgan fingerprint density at radius 2 is 1.09 bits per heavy atom. The number of hydrogen-bond acceptors (Lipinski definition) is 17. The van der Waals surface area contributed by atoms with Gasteiger partial charge in [-0.15, -0.1) is 0 Å². The summed E-state index contributed by atoms with van der Waals surface area (Å²) in [6.45, 7) is 7.31. The second-order valence-corrected chi connectivity index (χ2v) is 20.4. The Labute approximate surface area is 444 Å². The SMILES string of the molecule is COCOc1cc(OC)cc2c1C(=O)O[C@H]1CCC[C@H]1/C=C\C(O)[C@H]1OC(C)(C)O[C@H]1C/C=C/2.COCOc1cc(OC)cc2c1C(=O)O[C@H]1CCC[C@H]1/C=C\C(OC(=O)c1ccccc1)[C@H]1OC(C)(C)O[C@H]1C/C=C/2. The zero-order valence-electron chi connectivity index (χ0n) is 44.6. The van der Waals surface area contributed by atoms with Gasteiger partial charge in [0.1, 0.15) is 70.7 Å². The molecule has 2 saturated carbocycles. The summed E-state index contributed by atoms with van der Waals surface area (Å²) in [5.74, 6) is -1.44. The predicted molar refractivity (Wildman–Crippen MR) is 279 cm³/mol. The highest BCUT2D eigenvalue weighted by molar-refractivity contribution is 5.98. The van der Waals surface area contributed by atoms with Crippen LogP contribution < -0.4 is 18.9 Å². The lowest BCUT2D eigenvalue weighted by Crippen LogP contribution is -2.37. The molecule has 2 unspecified atom stereocenters. The van der Waals surface area contributed by atoms with E-state index in [1.54, 1.807) is 68.8 Å². The fourth-order valence-corrected chi connectivity index (χ4v) is 10.6. The molecule has 17 nitrogen and oxygen atoms in total. The number of methoxy groups -OCH3 is 4. The summed E-state index contributed by atoms with van der Waals surface area (Å²) in [5.41, 5.74) is 2.25. The van der Waals surface area contributed by atoms with Crippen LogP contribution in [0.15, 0.2) is 91.1 Å². The Balaban J connectivity index is 0.000000206. The van der Waals surface area contributed by atoms with Crippen molar-refractivity contribution in [3.63, 3.8) is 0 Å². The van der Waals surface area contributed by atoms with Gasteiger partial charge in [0.05, 0.1) is 32.0 Å². The van der Waals surface area contributed by atoms with Gasteiger partial charge in [-0.1, -0.05) is 60.7 Å². The first-order valence-corrected chi connectivity index (χ1v) is 26.0. The second-order valence-electron chi connectivity index (χ2n) is 20.4. The molecule has 3 aromatic rings. The predicted octanol–water partition coefficient (Wildman–Crippen LogP) is 9.58. The van der Waals surface area contributed by atoms with Gasteiger partial charge in [0.15, 0.2) is 25.2 Å². The van der Waals surface area contributed by atoms with Crippen LogP contribution in [0.4, 0.5) is 0 Å². The van der Waals surface area contributed by atoms with E-state index < -0.39 is 60.0 Å². The Hall–Kier alpha value is -6.05. The summed E-state index contributed by atoms with van der Waals surface area (Å²) in [6, 6.07) is 15.7. The van der Waals surface area contributed by atoms with Crippen molar-refractivity contribution in [1.82, 2.24) is 0 Å². The van der Waals surface area contributed by atoms with Crippen molar-refractivity contribution in [2.45, 2.75) is 139 Å². The molecule has 6 aliphatic rings. The molecule has 2 aliphatic carbocycles. The number of carbonyl (C=O) groups excluding carboxylic acids is 3. The van der Waals surface area contributed by atoms with Gasteiger partial charge < -0.3 is 66.7 Å². The third-order valence-corrected chi connectivity index (χ3v) is 14.1. The second kappa shape index (κ2) is 25.4. The summed E-state index contributed by atoms with van der Waals surface area (Å²) in [5, 5.41) is 10.9. The fraction of sp³-hybridized carbons (Fsp3) is 0.508. The molecule has 4 heterocycles. The van der Waals surface area contributed by atoms with Crippen LogP contribution in [0, 0.1) is 11.8 Å². The molecular weight excluding hydrogens is 981 g/mol. The zero-order valence-corrected chi connectivity index (χ0v) is 44.6. The molecule has 0 amide bonds. The molecule has 76 heavy (non-hydrogen) atoms. The molecule has 10 atom stereocenters. The fourth-order valence-electron chi connectivity index (χ4n) is 10.6. The Kier molecular flexibility index (Phi) is 18.8. The minimum atomic E-state index is -0.889. The van der Waals surface area contributed by atoms with E-state index in [1.807, 2.05) is 76.3 Å². The first kappa shape index (κ1) is 56.2. The Bertz CT molecular complexity index is 2600. The summed E-state index contributed by atoms with van der Waals surface area (Å²) in [4.78, 5) is 40.2. The molecule has 0 spiro atoms. The van der Waals surface area contributed by atoms with Gasteiger partial charge >= 0.3 is 17.9 Å². The van der Waals surface area contributed by atoms with E-state index in [2.05, 4.69) is 0 Å². The maximum absolute atomic E-state index is 13.7. The van der Waals surface area contributed by atoms with Gasteiger partial charge in [0, 0.05) is 38.2 Å². The average molecular weight is 1050 g/mol. The van der Waals surface area contributed by atoms with Crippen molar-refractivity contribution in [2.75, 3.05) is 42.0 Å². The number of rotatable bonds is 10. The lowest BCUT2D eigenvalue weighted by molar-refractivity contribution is -0.153. The standard InChI is InChI=1S/C33H38O9.C26H34O8/c1-33(2)41-27-15-9-13-23-18-24(37-4)19-28(38-20-36-3)29(23)32(35)39-25-14-8-12-21(25)16-17-26(30(27)42-33)40-31(34)22-10-6-5-7-11-22;1-26(2)33-21-10-6-8-17-13-18(30-4)14-22(31-15-29-3)23(17)25(28)32-20-9-5-7-16(20)11-12-19(27)24(21)34-26/h5-7,9-11,13,16-19,21,25-27,30H,8,12,14-15,20H2,1-4H3;6,8,11-14,16,19-21,24,27H,5,7,9-10,15H2,1-4H3/b13-9+,17-16-;8-6+,12-11-/t21-,25-,26?,27-,30+;16-,19?,20-,21-,24+/m00/s1. The maximum atomic E-state index is 13.7. The summed E-state index contributed by atoms with van der Waals surface area (Å²) in [6.07, 6.45) is 16.8. The minimum Gasteiger partial charge on any atom is -0.497 e. The van der Waals surface area contributed by atoms with E-state index in [9.17, 15) is 19.5 Å². The molecule has 3 aromatic carbocycles. The van der Waals surface area contributed by atoms with E-state index in [4.69, 9.17) is 61.6 Å². The van der Waals surface area contributed by atoms with Gasteiger partial charge in [0.25, 0.3) is 0 Å². The van der Waals surface area contributed by atoms with Crippen LogP contribution >= 0.6 is 0 Å². The number of ether oxygens (including phenoxy) is 13. The van der Waals surface area contributed by atoms with E-state index >= 15 is 0 Å². The van der Waals surface area contributed by atoms with Crippen molar-refractivity contribution in [3.8, 4) is 23.0 Å². The van der Waals surface area contributed by atoms with Gasteiger partial charge in [-0.2, -0.15) is 0 Å². The molecule has 17 heteroatoms. The number of esters is 3.